The number of amidine groups is 1. The van der Waals surface area contributed by atoms with Crippen LogP contribution in [0.2, 0.25) is 0 Å². The average molecular weight is 541 g/mol. The molecule has 0 spiro atoms. The van der Waals surface area contributed by atoms with Crippen LogP contribution in [0.5, 0.6) is 5.75 Å². The second kappa shape index (κ2) is 9.54. The van der Waals surface area contributed by atoms with Crippen LogP contribution in [-0.4, -0.2) is 61.5 Å². The molecule has 1 saturated heterocycles. The standard InChI is InChI=1S/C27H33BrN4O3/c1-27(2,3)20-13-19(14-22(25(20)34-4)31-9-11-35-12-10-31)23(33)16-32-15-18-7-8-21(17-5-6-17)29-24(18)26(32)30-28/h7-8,13-14,17H,5-6,9-12,15-16H2,1-4H3. The molecular weight excluding hydrogens is 508 g/mol. The molecule has 5 rings (SSSR count). The number of halogens is 1. The highest BCUT2D eigenvalue weighted by Crippen LogP contribution is 2.41. The quantitative estimate of drug-likeness (QED) is 0.487. The van der Waals surface area contributed by atoms with E-state index >= 15 is 0 Å². The minimum atomic E-state index is -0.182. The fraction of sp³-hybridized carbons (Fsp3) is 0.519. The third-order valence-electron chi connectivity index (χ3n) is 7.04. The number of ether oxygens (including phenoxy) is 2. The summed E-state index contributed by atoms with van der Waals surface area (Å²) in [6, 6.07) is 8.25. The molecule has 2 fully saturated rings. The monoisotopic (exact) mass is 540 g/mol. The number of anilines is 1. The van der Waals surface area contributed by atoms with E-state index in [1.165, 1.54) is 12.8 Å². The number of methoxy groups -OCH3 is 1. The van der Waals surface area contributed by atoms with Gasteiger partial charge in [0.2, 0.25) is 0 Å². The highest BCUT2D eigenvalue weighted by Gasteiger charge is 2.33. The molecule has 186 valence electrons. The van der Waals surface area contributed by atoms with Crippen molar-refractivity contribution >= 4 is 33.5 Å². The fourth-order valence-corrected chi connectivity index (χ4v) is 5.33. The Morgan fingerprint density at radius 1 is 1.23 bits per heavy atom. The SMILES string of the molecule is COc1c(N2CCOCC2)cc(C(=O)CN2Cc3ccc(C4CC4)nc3C2=NBr)cc1C(C)(C)C. The van der Waals surface area contributed by atoms with Gasteiger partial charge in [-0.15, -0.1) is 0 Å². The van der Waals surface area contributed by atoms with Crippen molar-refractivity contribution in [3.05, 3.63) is 52.3 Å². The van der Waals surface area contributed by atoms with Gasteiger partial charge in [-0.05, 0) is 36.5 Å². The lowest BCUT2D eigenvalue weighted by Gasteiger charge is -2.33. The van der Waals surface area contributed by atoms with Crippen LogP contribution in [0, 0.1) is 0 Å². The van der Waals surface area contributed by atoms with Crippen molar-refractivity contribution in [2.75, 3.05) is 44.9 Å². The Morgan fingerprint density at radius 3 is 2.60 bits per heavy atom. The number of Topliss-reactive ketones (excluding diaryl/α,β-unsaturated/α-hetero) is 1. The number of pyridine rings is 1. The van der Waals surface area contributed by atoms with Crippen molar-refractivity contribution in [3.63, 3.8) is 0 Å². The highest BCUT2D eigenvalue weighted by molar-refractivity contribution is 9.08. The first-order chi connectivity index (χ1) is 16.8. The maximum absolute atomic E-state index is 13.7. The Kier molecular flexibility index (Phi) is 6.61. The Bertz CT molecular complexity index is 1160. The molecule has 2 aromatic rings. The van der Waals surface area contributed by atoms with Gasteiger partial charge in [-0.25, -0.2) is 4.98 Å². The number of ketones is 1. The van der Waals surface area contributed by atoms with E-state index in [-0.39, 0.29) is 17.7 Å². The van der Waals surface area contributed by atoms with Crippen LogP contribution in [0.4, 0.5) is 5.69 Å². The number of carbonyl (C=O) groups is 1. The molecule has 1 aromatic heterocycles. The van der Waals surface area contributed by atoms with E-state index in [1.807, 2.05) is 17.0 Å². The zero-order chi connectivity index (χ0) is 24.7. The van der Waals surface area contributed by atoms with E-state index in [9.17, 15) is 4.79 Å². The molecular formula is C27H33BrN4O3. The predicted octanol–water partition coefficient (Wildman–Crippen LogP) is 4.86. The summed E-state index contributed by atoms with van der Waals surface area (Å²) in [7, 11) is 1.71. The first-order valence-electron chi connectivity index (χ1n) is 12.3. The van der Waals surface area contributed by atoms with Crippen LogP contribution < -0.4 is 9.64 Å². The van der Waals surface area contributed by atoms with Crippen LogP contribution in [0.15, 0.2) is 28.3 Å². The molecule has 7 nitrogen and oxygen atoms in total. The molecule has 0 bridgehead atoms. The van der Waals surface area contributed by atoms with E-state index in [2.05, 4.69) is 58.0 Å². The summed E-state index contributed by atoms with van der Waals surface area (Å²) in [5.74, 6) is 2.19. The van der Waals surface area contributed by atoms with Crippen molar-refractivity contribution in [2.24, 2.45) is 4.02 Å². The zero-order valence-corrected chi connectivity index (χ0v) is 22.5. The van der Waals surface area contributed by atoms with Gasteiger partial charge in [-0.2, -0.15) is 4.02 Å². The second-order valence-electron chi connectivity index (χ2n) is 10.6. The highest BCUT2D eigenvalue weighted by atomic mass is 79.9. The van der Waals surface area contributed by atoms with Gasteiger partial charge in [0.25, 0.3) is 0 Å². The van der Waals surface area contributed by atoms with Gasteiger partial charge in [0, 0.05) is 47.9 Å². The van der Waals surface area contributed by atoms with Crippen LogP contribution in [0.1, 0.15) is 72.4 Å². The Labute approximate surface area is 215 Å². The number of hydrogen-bond donors (Lipinski definition) is 0. The molecule has 1 aliphatic carbocycles. The summed E-state index contributed by atoms with van der Waals surface area (Å²) in [5, 5.41) is 0. The molecule has 0 amide bonds. The van der Waals surface area contributed by atoms with Gasteiger partial charge in [0.1, 0.15) is 11.4 Å². The Hall–Kier alpha value is -2.45. The average Bonchev–Trinajstić information content (AvgIpc) is 3.64. The normalized spacial score (nSPS) is 19.3. The zero-order valence-electron chi connectivity index (χ0n) is 20.9. The summed E-state index contributed by atoms with van der Waals surface area (Å²) in [6.45, 7) is 10.2. The first-order valence-corrected chi connectivity index (χ1v) is 13.0. The molecule has 0 radical (unpaired) electrons. The molecule has 1 saturated carbocycles. The summed E-state index contributed by atoms with van der Waals surface area (Å²) in [5.41, 5.74) is 5.62. The molecule has 0 atom stereocenters. The third kappa shape index (κ3) is 4.83. The number of morpholine rings is 1. The van der Waals surface area contributed by atoms with Crippen molar-refractivity contribution < 1.29 is 14.3 Å². The lowest BCUT2D eigenvalue weighted by Crippen LogP contribution is -2.37. The van der Waals surface area contributed by atoms with Crippen molar-refractivity contribution in [1.29, 1.82) is 0 Å². The number of benzene rings is 1. The van der Waals surface area contributed by atoms with Gasteiger partial charge >= 0.3 is 0 Å². The number of rotatable bonds is 6. The van der Waals surface area contributed by atoms with E-state index in [4.69, 9.17) is 14.5 Å². The van der Waals surface area contributed by atoms with E-state index in [0.717, 1.165) is 52.9 Å². The molecule has 0 N–H and O–H groups in total. The largest absolute Gasteiger partial charge is 0.494 e. The molecule has 3 aliphatic rings. The molecule has 1 aromatic carbocycles. The first kappa shape index (κ1) is 24.3. The lowest BCUT2D eigenvalue weighted by atomic mass is 9.84. The van der Waals surface area contributed by atoms with E-state index in [1.54, 1.807) is 7.11 Å². The van der Waals surface area contributed by atoms with Gasteiger partial charge in [-0.3, -0.25) is 4.79 Å². The topological polar surface area (TPSA) is 67.3 Å². The van der Waals surface area contributed by atoms with Crippen LogP contribution in [0.25, 0.3) is 0 Å². The van der Waals surface area contributed by atoms with Gasteiger partial charge < -0.3 is 19.3 Å². The number of carbonyl (C=O) groups excluding carboxylic acids is 1. The smallest absolute Gasteiger partial charge is 0.182 e. The summed E-state index contributed by atoms with van der Waals surface area (Å²) < 4.78 is 15.8. The molecule has 2 aliphatic heterocycles. The van der Waals surface area contributed by atoms with Crippen molar-refractivity contribution in [3.8, 4) is 5.75 Å². The van der Waals surface area contributed by atoms with Crippen molar-refractivity contribution in [1.82, 2.24) is 9.88 Å². The molecule has 0 unspecified atom stereocenters. The van der Waals surface area contributed by atoms with Crippen molar-refractivity contribution in [2.45, 2.75) is 51.5 Å². The minimum Gasteiger partial charge on any atom is -0.494 e. The van der Waals surface area contributed by atoms with Crippen LogP contribution in [0.3, 0.4) is 0 Å². The van der Waals surface area contributed by atoms with Gasteiger partial charge in [0.05, 0.1) is 48.7 Å². The third-order valence-corrected chi connectivity index (χ3v) is 7.37. The second-order valence-corrected chi connectivity index (χ2v) is 11.0. The maximum atomic E-state index is 13.7. The summed E-state index contributed by atoms with van der Waals surface area (Å²) in [4.78, 5) is 22.9. The van der Waals surface area contributed by atoms with E-state index in [0.29, 0.717) is 31.2 Å². The lowest BCUT2D eigenvalue weighted by molar-refractivity contribution is 0.0963. The predicted molar refractivity (Wildman–Crippen MR) is 141 cm³/mol. The summed E-state index contributed by atoms with van der Waals surface area (Å²) >= 11 is 3.29. The number of hydrogen-bond acceptors (Lipinski definition) is 6. The molecule has 8 heteroatoms. The fourth-order valence-electron chi connectivity index (χ4n) is 4.94. The number of aromatic nitrogens is 1. The number of nitrogens with zero attached hydrogens (tertiary/aromatic N) is 4. The number of fused-ring (bicyclic) bond motifs is 1. The maximum Gasteiger partial charge on any atom is 0.182 e. The van der Waals surface area contributed by atoms with Crippen LogP contribution in [-0.2, 0) is 16.7 Å². The van der Waals surface area contributed by atoms with Gasteiger partial charge in [-0.1, -0.05) is 26.8 Å². The summed E-state index contributed by atoms with van der Waals surface area (Å²) in [6.07, 6.45) is 2.40. The molecule has 3 heterocycles. The van der Waals surface area contributed by atoms with Crippen LogP contribution >= 0.6 is 16.1 Å². The molecule has 35 heavy (non-hydrogen) atoms. The Morgan fingerprint density at radius 2 is 1.97 bits per heavy atom. The van der Waals surface area contributed by atoms with Gasteiger partial charge in [0.15, 0.2) is 11.6 Å². The Balaban J connectivity index is 1.45. The minimum absolute atomic E-state index is 0.0523. The van der Waals surface area contributed by atoms with E-state index < -0.39 is 0 Å².